The molecule has 37 heavy (non-hydrogen) atoms. The standard InChI is InChI=1S/C29H31N3O4S/c1-4-6-12-25-26(32(5-2)22-10-8-7-9-11-22)27(33)28(29(34)31-25)37(35,36)23-15-13-21(14-16-23)24-17-18-30-19-20(24)3/h7-11,13-19H,4-6,12H2,1-3H3,(H2,31,33,34). The molecule has 0 radical (unpaired) electrons. The van der Waals surface area contributed by atoms with Crippen LogP contribution in [-0.4, -0.2) is 30.0 Å². The summed E-state index contributed by atoms with van der Waals surface area (Å²) in [5.41, 5.74) is 3.50. The van der Waals surface area contributed by atoms with Gasteiger partial charge in [0.05, 0.1) is 4.90 Å². The van der Waals surface area contributed by atoms with Gasteiger partial charge in [0.1, 0.15) is 5.69 Å². The minimum Gasteiger partial charge on any atom is -0.504 e. The maximum Gasteiger partial charge on any atom is 0.271 e. The molecule has 0 amide bonds. The number of anilines is 2. The quantitative estimate of drug-likeness (QED) is 0.292. The van der Waals surface area contributed by atoms with Gasteiger partial charge in [-0.05, 0) is 73.7 Å². The number of pyridine rings is 2. The number of rotatable bonds is 9. The average molecular weight is 518 g/mol. The highest BCUT2D eigenvalue weighted by atomic mass is 32.2. The van der Waals surface area contributed by atoms with Crippen LogP contribution in [0.4, 0.5) is 11.4 Å². The molecule has 2 aromatic carbocycles. The Morgan fingerprint density at radius 2 is 1.70 bits per heavy atom. The number of aromatic nitrogens is 2. The molecule has 0 spiro atoms. The third-order valence-corrected chi connectivity index (χ3v) is 8.20. The summed E-state index contributed by atoms with van der Waals surface area (Å²) in [6, 6.07) is 17.6. The van der Waals surface area contributed by atoms with Gasteiger partial charge in [-0.25, -0.2) is 8.42 Å². The maximum atomic E-state index is 13.7. The zero-order chi connectivity index (χ0) is 26.6. The first-order valence-corrected chi connectivity index (χ1v) is 13.8. The molecule has 0 bridgehead atoms. The number of aromatic hydroxyl groups is 1. The summed E-state index contributed by atoms with van der Waals surface area (Å²) < 4.78 is 27.4. The van der Waals surface area contributed by atoms with Crippen molar-refractivity contribution in [2.45, 2.75) is 49.8 Å². The van der Waals surface area contributed by atoms with Crippen LogP contribution < -0.4 is 10.5 Å². The lowest BCUT2D eigenvalue weighted by Crippen LogP contribution is -2.25. The SMILES string of the molecule is CCCCc1[nH]c(=O)c(S(=O)(=O)c2ccc(-c3ccncc3C)cc2)c(O)c1N(CC)c1ccccc1. The molecule has 0 atom stereocenters. The second-order valence-electron chi connectivity index (χ2n) is 8.86. The third-order valence-electron chi connectivity index (χ3n) is 6.39. The molecule has 2 aromatic heterocycles. The number of sulfone groups is 1. The molecule has 0 saturated carbocycles. The highest BCUT2D eigenvalue weighted by Gasteiger charge is 2.31. The van der Waals surface area contributed by atoms with Crippen LogP contribution in [0.25, 0.3) is 11.1 Å². The van der Waals surface area contributed by atoms with Crippen LogP contribution in [0.5, 0.6) is 5.75 Å². The van der Waals surface area contributed by atoms with Crippen LogP contribution in [0.15, 0.2) is 87.6 Å². The van der Waals surface area contributed by atoms with E-state index in [2.05, 4.69) is 9.97 Å². The van der Waals surface area contributed by atoms with Crippen LogP contribution in [0.2, 0.25) is 0 Å². The third kappa shape index (κ3) is 5.15. The molecular formula is C29H31N3O4S. The second-order valence-corrected chi connectivity index (χ2v) is 10.7. The van der Waals surface area contributed by atoms with E-state index in [1.54, 1.807) is 24.5 Å². The maximum absolute atomic E-state index is 13.7. The number of aromatic amines is 1. The van der Waals surface area contributed by atoms with Crippen LogP contribution >= 0.6 is 0 Å². The van der Waals surface area contributed by atoms with Gasteiger partial charge in [-0.3, -0.25) is 9.78 Å². The molecule has 4 aromatic rings. The number of hydrogen-bond donors (Lipinski definition) is 2. The van der Waals surface area contributed by atoms with Gasteiger partial charge in [0.25, 0.3) is 5.56 Å². The van der Waals surface area contributed by atoms with Crippen molar-refractivity contribution in [3.8, 4) is 16.9 Å². The van der Waals surface area contributed by atoms with Crippen molar-refractivity contribution in [2.75, 3.05) is 11.4 Å². The smallest absolute Gasteiger partial charge is 0.271 e. The molecule has 2 heterocycles. The lowest BCUT2D eigenvalue weighted by molar-refractivity contribution is 0.454. The van der Waals surface area contributed by atoms with Crippen LogP contribution in [0.1, 0.15) is 37.9 Å². The van der Waals surface area contributed by atoms with Gasteiger partial charge in [-0.15, -0.1) is 0 Å². The molecule has 7 nitrogen and oxygen atoms in total. The number of benzene rings is 2. The van der Waals surface area contributed by atoms with Crippen molar-refractivity contribution >= 4 is 21.2 Å². The Morgan fingerprint density at radius 3 is 2.32 bits per heavy atom. The second kappa shape index (κ2) is 11.0. The largest absolute Gasteiger partial charge is 0.504 e. The molecule has 192 valence electrons. The summed E-state index contributed by atoms with van der Waals surface area (Å²) in [7, 11) is -4.33. The zero-order valence-electron chi connectivity index (χ0n) is 21.2. The molecule has 0 aliphatic carbocycles. The fraction of sp³-hybridized carbons (Fsp3) is 0.241. The van der Waals surface area contributed by atoms with E-state index >= 15 is 0 Å². The molecule has 0 fully saturated rings. The molecule has 2 N–H and O–H groups in total. The fourth-order valence-corrected chi connectivity index (χ4v) is 5.87. The lowest BCUT2D eigenvalue weighted by Gasteiger charge is -2.27. The van der Waals surface area contributed by atoms with E-state index in [0.29, 0.717) is 24.3 Å². The summed E-state index contributed by atoms with van der Waals surface area (Å²) in [6.45, 7) is 6.33. The van der Waals surface area contributed by atoms with Crippen molar-refractivity contribution < 1.29 is 13.5 Å². The van der Waals surface area contributed by atoms with Crippen molar-refractivity contribution in [3.05, 3.63) is 94.7 Å². The van der Waals surface area contributed by atoms with Gasteiger partial charge < -0.3 is 15.0 Å². The Balaban J connectivity index is 1.86. The number of H-pyrrole nitrogens is 1. The molecule has 0 saturated heterocycles. The Labute approximate surface area is 217 Å². The first kappa shape index (κ1) is 26.2. The average Bonchev–Trinajstić information content (AvgIpc) is 2.90. The highest BCUT2D eigenvalue weighted by molar-refractivity contribution is 7.91. The molecule has 4 rings (SSSR count). The Bertz CT molecular complexity index is 1550. The summed E-state index contributed by atoms with van der Waals surface area (Å²) in [4.78, 5) is 21.1. The van der Waals surface area contributed by atoms with Gasteiger partial charge in [-0.2, -0.15) is 0 Å². The van der Waals surface area contributed by atoms with E-state index in [4.69, 9.17) is 0 Å². The monoisotopic (exact) mass is 517 g/mol. The zero-order valence-corrected chi connectivity index (χ0v) is 22.0. The Hall–Kier alpha value is -3.91. The minimum absolute atomic E-state index is 0.0706. The first-order valence-electron chi connectivity index (χ1n) is 12.4. The van der Waals surface area contributed by atoms with Gasteiger partial charge in [0.15, 0.2) is 10.6 Å². The van der Waals surface area contributed by atoms with E-state index in [-0.39, 0.29) is 4.90 Å². The number of nitrogens with one attached hydrogen (secondary N) is 1. The topological polar surface area (TPSA) is 103 Å². The molecule has 0 aliphatic rings. The summed E-state index contributed by atoms with van der Waals surface area (Å²) >= 11 is 0. The molecular weight excluding hydrogens is 486 g/mol. The van der Waals surface area contributed by atoms with Crippen molar-refractivity contribution in [1.29, 1.82) is 0 Å². The Morgan fingerprint density at radius 1 is 1.00 bits per heavy atom. The predicted molar refractivity (Wildman–Crippen MR) is 146 cm³/mol. The highest BCUT2D eigenvalue weighted by Crippen LogP contribution is 2.40. The number of nitrogens with zero attached hydrogens (tertiary/aromatic N) is 2. The first-order chi connectivity index (χ1) is 17.8. The van der Waals surface area contributed by atoms with E-state index in [1.165, 1.54) is 12.1 Å². The summed E-state index contributed by atoms with van der Waals surface area (Å²) in [5.74, 6) is -0.533. The van der Waals surface area contributed by atoms with Crippen LogP contribution in [0.3, 0.4) is 0 Å². The number of unbranched alkanes of at least 4 members (excludes halogenated alkanes) is 1. The van der Waals surface area contributed by atoms with Gasteiger partial charge in [0.2, 0.25) is 9.84 Å². The lowest BCUT2D eigenvalue weighted by atomic mass is 10.0. The molecule has 8 heteroatoms. The fourth-order valence-electron chi connectivity index (χ4n) is 4.49. The van der Waals surface area contributed by atoms with Crippen molar-refractivity contribution in [2.24, 2.45) is 0 Å². The summed E-state index contributed by atoms with van der Waals surface area (Å²) in [6.07, 6.45) is 5.57. The summed E-state index contributed by atoms with van der Waals surface area (Å²) in [5, 5.41) is 11.4. The van der Waals surface area contributed by atoms with E-state index in [0.717, 1.165) is 35.2 Å². The normalized spacial score (nSPS) is 11.4. The predicted octanol–water partition coefficient (Wildman–Crippen LogP) is 5.78. The van der Waals surface area contributed by atoms with Gasteiger partial charge >= 0.3 is 0 Å². The van der Waals surface area contributed by atoms with E-state index < -0.39 is 26.0 Å². The van der Waals surface area contributed by atoms with Crippen molar-refractivity contribution in [3.63, 3.8) is 0 Å². The van der Waals surface area contributed by atoms with Gasteiger partial charge in [-0.1, -0.05) is 43.7 Å². The van der Waals surface area contributed by atoms with Crippen LogP contribution in [-0.2, 0) is 16.3 Å². The molecule has 0 aliphatic heterocycles. The van der Waals surface area contributed by atoms with Crippen LogP contribution in [0, 0.1) is 6.92 Å². The number of aryl methyl sites for hydroxylation is 2. The van der Waals surface area contributed by atoms with E-state index in [1.807, 2.05) is 62.1 Å². The minimum atomic E-state index is -4.33. The van der Waals surface area contributed by atoms with E-state index in [9.17, 15) is 18.3 Å². The Kier molecular flexibility index (Phi) is 7.78. The van der Waals surface area contributed by atoms with Crippen molar-refractivity contribution in [1.82, 2.24) is 9.97 Å². The molecule has 0 unspecified atom stereocenters. The van der Waals surface area contributed by atoms with Gasteiger partial charge in [0, 0.05) is 30.3 Å². The number of para-hydroxylation sites is 1. The number of hydrogen-bond acceptors (Lipinski definition) is 6.